The first kappa shape index (κ1) is 13.8. The number of aliphatic hydroxyl groups is 1. The Morgan fingerprint density at radius 2 is 2.10 bits per heavy atom. The first-order valence-electron chi connectivity index (χ1n) is 7.22. The summed E-state index contributed by atoms with van der Waals surface area (Å²) < 4.78 is 1.09. The van der Waals surface area contributed by atoms with E-state index in [4.69, 9.17) is 0 Å². The maximum Gasteiger partial charge on any atom is 0.136 e. The average molecular weight is 335 g/mol. The van der Waals surface area contributed by atoms with Crippen molar-refractivity contribution in [2.75, 3.05) is 18.1 Å². The normalized spacial score (nSPS) is 20.1. The van der Waals surface area contributed by atoms with Gasteiger partial charge in [-0.3, -0.25) is 0 Å². The van der Waals surface area contributed by atoms with Crippen LogP contribution in [0.3, 0.4) is 0 Å². The lowest BCUT2D eigenvalue weighted by molar-refractivity contribution is 0.255. The van der Waals surface area contributed by atoms with Crippen molar-refractivity contribution in [3.05, 3.63) is 34.9 Å². The Morgan fingerprint density at radius 3 is 2.95 bits per heavy atom. The van der Waals surface area contributed by atoms with Crippen molar-refractivity contribution >= 4 is 32.5 Å². The highest BCUT2D eigenvalue weighted by Gasteiger charge is 2.23. The Kier molecular flexibility index (Phi) is 4.22. The number of benzene rings is 1. The molecule has 2 heterocycles. The summed E-state index contributed by atoms with van der Waals surface area (Å²) in [7, 11) is 0. The van der Waals surface area contributed by atoms with Gasteiger partial charge in [-0.2, -0.15) is 0 Å². The van der Waals surface area contributed by atoms with Gasteiger partial charge in [-0.05, 0) is 25.0 Å². The highest BCUT2D eigenvalue weighted by Crippen LogP contribution is 2.32. The lowest BCUT2D eigenvalue weighted by Crippen LogP contribution is -2.38. The van der Waals surface area contributed by atoms with E-state index in [2.05, 4.69) is 37.9 Å². The summed E-state index contributed by atoms with van der Waals surface area (Å²) in [6, 6.07) is 8.44. The fourth-order valence-electron chi connectivity index (χ4n) is 3.03. The van der Waals surface area contributed by atoms with Gasteiger partial charge in [0.2, 0.25) is 0 Å². The van der Waals surface area contributed by atoms with Gasteiger partial charge < -0.3 is 10.0 Å². The van der Waals surface area contributed by atoms with Crippen LogP contribution in [0.1, 0.15) is 25.7 Å². The quantitative estimate of drug-likeness (QED) is 0.908. The SMILES string of the molecule is OCC1CCCCCN1c1nccc2c(Br)cccc12. The minimum atomic E-state index is 0.189. The van der Waals surface area contributed by atoms with E-state index in [1.165, 1.54) is 24.6 Å². The molecule has 1 N–H and O–H groups in total. The predicted octanol–water partition coefficient (Wildman–Crippen LogP) is 3.74. The van der Waals surface area contributed by atoms with Crippen LogP contribution < -0.4 is 4.90 Å². The smallest absolute Gasteiger partial charge is 0.136 e. The maximum atomic E-state index is 9.70. The van der Waals surface area contributed by atoms with E-state index in [1.807, 2.05) is 18.3 Å². The van der Waals surface area contributed by atoms with Crippen molar-refractivity contribution < 1.29 is 5.11 Å². The maximum absolute atomic E-state index is 9.70. The molecule has 0 bridgehead atoms. The molecule has 1 atom stereocenters. The van der Waals surface area contributed by atoms with Crippen molar-refractivity contribution in [2.45, 2.75) is 31.7 Å². The topological polar surface area (TPSA) is 36.4 Å². The number of rotatable bonds is 2. The highest BCUT2D eigenvalue weighted by atomic mass is 79.9. The lowest BCUT2D eigenvalue weighted by atomic mass is 10.1. The predicted molar refractivity (Wildman–Crippen MR) is 86.1 cm³/mol. The number of anilines is 1. The van der Waals surface area contributed by atoms with Crippen LogP contribution in [0.5, 0.6) is 0 Å². The third kappa shape index (κ3) is 2.54. The summed E-state index contributed by atoms with van der Waals surface area (Å²) in [6.45, 7) is 1.18. The average Bonchev–Trinajstić information content (AvgIpc) is 2.72. The molecule has 0 spiro atoms. The Bertz CT molecular complexity index is 602. The molecule has 1 saturated heterocycles. The van der Waals surface area contributed by atoms with Crippen molar-refractivity contribution in [1.29, 1.82) is 0 Å². The van der Waals surface area contributed by atoms with Gasteiger partial charge in [0.1, 0.15) is 5.82 Å². The molecule has 0 aliphatic carbocycles. The Balaban J connectivity index is 2.10. The van der Waals surface area contributed by atoms with Gasteiger partial charge in [-0.15, -0.1) is 0 Å². The zero-order valence-corrected chi connectivity index (χ0v) is 13.0. The van der Waals surface area contributed by atoms with Crippen molar-refractivity contribution in [3.63, 3.8) is 0 Å². The molecule has 20 heavy (non-hydrogen) atoms. The molecule has 106 valence electrons. The van der Waals surface area contributed by atoms with Gasteiger partial charge in [-0.25, -0.2) is 4.98 Å². The molecular weight excluding hydrogens is 316 g/mol. The van der Waals surface area contributed by atoms with E-state index < -0.39 is 0 Å². The highest BCUT2D eigenvalue weighted by molar-refractivity contribution is 9.10. The standard InChI is InChI=1S/C16H19BrN2O/c17-15-7-4-6-14-13(15)8-9-18-16(14)19-10-3-1-2-5-12(19)11-20/h4,6-9,12,20H,1-3,5,10-11H2. The number of nitrogens with zero attached hydrogens (tertiary/aromatic N) is 2. The number of halogens is 1. The van der Waals surface area contributed by atoms with Crippen molar-refractivity contribution in [2.24, 2.45) is 0 Å². The first-order valence-corrected chi connectivity index (χ1v) is 8.01. The molecule has 1 fully saturated rings. The van der Waals surface area contributed by atoms with E-state index in [9.17, 15) is 5.11 Å². The second kappa shape index (κ2) is 6.10. The van der Waals surface area contributed by atoms with E-state index >= 15 is 0 Å². The molecule has 2 aromatic rings. The van der Waals surface area contributed by atoms with Gasteiger partial charge in [0.15, 0.2) is 0 Å². The second-order valence-electron chi connectivity index (χ2n) is 5.35. The Hall–Kier alpha value is -1.13. The van der Waals surface area contributed by atoms with Gasteiger partial charge in [0.25, 0.3) is 0 Å². The molecular formula is C16H19BrN2O. The molecule has 1 aliphatic heterocycles. The summed E-state index contributed by atoms with van der Waals surface area (Å²) in [5.74, 6) is 1.00. The van der Waals surface area contributed by atoms with Crippen LogP contribution in [0.4, 0.5) is 5.82 Å². The van der Waals surface area contributed by atoms with Gasteiger partial charge >= 0.3 is 0 Å². The number of fused-ring (bicyclic) bond motifs is 1. The molecule has 4 heteroatoms. The third-order valence-corrected chi connectivity index (χ3v) is 4.78. The van der Waals surface area contributed by atoms with Crippen molar-refractivity contribution in [1.82, 2.24) is 4.98 Å². The summed E-state index contributed by atoms with van der Waals surface area (Å²) in [4.78, 5) is 6.90. The van der Waals surface area contributed by atoms with Crippen LogP contribution in [0.25, 0.3) is 10.8 Å². The summed E-state index contributed by atoms with van der Waals surface area (Å²) in [5.41, 5.74) is 0. The summed E-state index contributed by atoms with van der Waals surface area (Å²) in [6.07, 6.45) is 6.50. The molecule has 1 aliphatic rings. The van der Waals surface area contributed by atoms with E-state index in [0.29, 0.717) is 0 Å². The first-order chi connectivity index (χ1) is 9.81. The van der Waals surface area contributed by atoms with Crippen LogP contribution in [0, 0.1) is 0 Å². The van der Waals surface area contributed by atoms with Crippen LogP contribution in [0.2, 0.25) is 0 Å². The van der Waals surface area contributed by atoms with E-state index in [1.54, 1.807) is 0 Å². The van der Waals surface area contributed by atoms with E-state index in [-0.39, 0.29) is 12.6 Å². The molecule has 1 aromatic carbocycles. The van der Waals surface area contributed by atoms with E-state index in [0.717, 1.165) is 28.6 Å². The van der Waals surface area contributed by atoms with Crippen molar-refractivity contribution in [3.8, 4) is 0 Å². The fourth-order valence-corrected chi connectivity index (χ4v) is 3.53. The second-order valence-corrected chi connectivity index (χ2v) is 6.20. The number of pyridine rings is 1. The number of aliphatic hydroxyl groups excluding tert-OH is 1. The number of hydrogen-bond donors (Lipinski definition) is 1. The molecule has 0 saturated carbocycles. The number of aromatic nitrogens is 1. The van der Waals surface area contributed by atoms with Gasteiger partial charge in [0.05, 0.1) is 12.6 Å². The minimum absolute atomic E-state index is 0.189. The Morgan fingerprint density at radius 1 is 1.20 bits per heavy atom. The third-order valence-electron chi connectivity index (χ3n) is 4.09. The summed E-state index contributed by atoms with van der Waals surface area (Å²) in [5, 5.41) is 12.0. The fraction of sp³-hybridized carbons (Fsp3) is 0.438. The van der Waals surface area contributed by atoms with Gasteiger partial charge in [0, 0.05) is 28.0 Å². The minimum Gasteiger partial charge on any atom is -0.394 e. The largest absolute Gasteiger partial charge is 0.394 e. The van der Waals surface area contributed by atoms with Crippen LogP contribution in [0.15, 0.2) is 34.9 Å². The van der Waals surface area contributed by atoms with Crippen LogP contribution in [-0.4, -0.2) is 29.3 Å². The lowest BCUT2D eigenvalue weighted by Gasteiger charge is -2.30. The summed E-state index contributed by atoms with van der Waals surface area (Å²) >= 11 is 3.61. The van der Waals surface area contributed by atoms with Crippen LogP contribution in [-0.2, 0) is 0 Å². The Labute approximate surface area is 127 Å². The molecule has 1 aromatic heterocycles. The zero-order chi connectivity index (χ0) is 13.9. The van der Waals surface area contributed by atoms with Crippen LogP contribution >= 0.6 is 15.9 Å². The molecule has 0 radical (unpaired) electrons. The molecule has 0 amide bonds. The molecule has 3 rings (SSSR count). The monoisotopic (exact) mass is 334 g/mol. The number of hydrogen-bond acceptors (Lipinski definition) is 3. The van der Waals surface area contributed by atoms with Gasteiger partial charge in [-0.1, -0.05) is 40.9 Å². The molecule has 3 nitrogen and oxygen atoms in total. The molecule has 1 unspecified atom stereocenters. The zero-order valence-electron chi connectivity index (χ0n) is 11.4.